The van der Waals surface area contributed by atoms with Crippen LogP contribution in [0, 0.1) is 11.7 Å². The van der Waals surface area contributed by atoms with Gasteiger partial charge in [0.15, 0.2) is 11.6 Å². The minimum absolute atomic E-state index is 0.229. The fraction of sp³-hybridized carbons (Fsp3) is 0.273. The summed E-state index contributed by atoms with van der Waals surface area (Å²) in [5, 5.41) is 8.71. The average Bonchev–Trinajstić information content (AvgIpc) is 3.45. The molecule has 1 saturated heterocycles. The fourth-order valence-corrected chi connectivity index (χ4v) is 4.08. The molecule has 0 radical (unpaired) electrons. The van der Waals surface area contributed by atoms with Gasteiger partial charge in [-0.3, -0.25) is 5.10 Å². The molecule has 1 aliphatic rings. The molecule has 0 saturated carbocycles. The molecule has 4 heterocycles. The molecule has 0 amide bonds. The zero-order chi connectivity index (χ0) is 19.8. The van der Waals surface area contributed by atoms with Crippen LogP contribution in [0.3, 0.4) is 0 Å². The minimum Gasteiger partial charge on any atom is -0.403 e. The van der Waals surface area contributed by atoms with Gasteiger partial charge in [0.05, 0.1) is 22.9 Å². The molecule has 1 fully saturated rings. The second-order valence-electron chi connectivity index (χ2n) is 7.63. The van der Waals surface area contributed by atoms with Crippen LogP contribution in [-0.4, -0.2) is 37.4 Å². The Morgan fingerprint density at radius 3 is 2.93 bits per heavy atom. The summed E-state index contributed by atoms with van der Waals surface area (Å²) in [5.74, 6) is 0.363. The smallest absolute Gasteiger partial charge is 0.183 e. The maximum absolute atomic E-state index is 13.9. The molecule has 7 heteroatoms. The molecule has 4 aromatic rings. The van der Waals surface area contributed by atoms with Gasteiger partial charge in [-0.15, -0.1) is 5.06 Å². The van der Waals surface area contributed by atoms with E-state index in [0.717, 1.165) is 41.8 Å². The Morgan fingerprint density at radius 1 is 1.21 bits per heavy atom. The lowest BCUT2D eigenvalue weighted by atomic mass is 10.1. The summed E-state index contributed by atoms with van der Waals surface area (Å²) in [6.07, 6.45) is 6.70. The van der Waals surface area contributed by atoms with E-state index in [1.165, 1.54) is 6.07 Å². The molecule has 148 valence electrons. The molecule has 3 aromatic heterocycles. The number of H-pyrrole nitrogens is 1. The van der Waals surface area contributed by atoms with Crippen LogP contribution in [0.5, 0.6) is 5.75 Å². The number of pyridine rings is 1. The van der Waals surface area contributed by atoms with E-state index in [1.807, 2.05) is 23.4 Å². The van der Waals surface area contributed by atoms with E-state index in [-0.39, 0.29) is 17.6 Å². The number of aromatic amines is 1. The number of hydrogen-bond acceptors (Lipinski definition) is 4. The van der Waals surface area contributed by atoms with Gasteiger partial charge in [-0.05, 0) is 49.6 Å². The number of nitrogens with zero attached hydrogens (tertiary/aromatic N) is 4. The SMILES string of the molecule is C[C@@H]1C[C@H](Cn2ccc3nc(-c4cn[nH]c4)ccc32)CN1Oc1ccccc1F. The third-order valence-electron chi connectivity index (χ3n) is 5.53. The molecule has 0 spiro atoms. The molecule has 0 aliphatic carbocycles. The molecule has 1 aliphatic heterocycles. The van der Waals surface area contributed by atoms with E-state index >= 15 is 0 Å². The van der Waals surface area contributed by atoms with Crippen molar-refractivity contribution in [2.75, 3.05) is 6.54 Å². The first-order valence-electron chi connectivity index (χ1n) is 9.81. The minimum atomic E-state index is -0.334. The molecule has 2 atom stereocenters. The van der Waals surface area contributed by atoms with Gasteiger partial charge in [-0.1, -0.05) is 12.1 Å². The van der Waals surface area contributed by atoms with Crippen LogP contribution < -0.4 is 4.84 Å². The number of hydrogen-bond donors (Lipinski definition) is 1. The highest BCUT2D eigenvalue weighted by atomic mass is 19.1. The largest absolute Gasteiger partial charge is 0.403 e. The Bertz CT molecular complexity index is 1120. The van der Waals surface area contributed by atoms with Crippen LogP contribution in [-0.2, 0) is 6.54 Å². The number of rotatable bonds is 5. The van der Waals surface area contributed by atoms with Crippen LogP contribution in [0.4, 0.5) is 4.39 Å². The third-order valence-corrected chi connectivity index (χ3v) is 5.53. The Balaban J connectivity index is 1.30. The second kappa shape index (κ2) is 7.33. The van der Waals surface area contributed by atoms with Gasteiger partial charge < -0.3 is 9.40 Å². The average molecular weight is 391 g/mol. The Labute approximate surface area is 167 Å². The number of fused-ring (bicyclic) bond motifs is 1. The van der Waals surface area contributed by atoms with E-state index in [9.17, 15) is 4.39 Å². The predicted molar refractivity (Wildman–Crippen MR) is 109 cm³/mol. The fourth-order valence-electron chi connectivity index (χ4n) is 4.08. The van der Waals surface area contributed by atoms with E-state index < -0.39 is 0 Å². The molecule has 0 unspecified atom stereocenters. The zero-order valence-corrected chi connectivity index (χ0v) is 16.1. The number of para-hydroxylation sites is 1. The zero-order valence-electron chi connectivity index (χ0n) is 16.1. The van der Waals surface area contributed by atoms with E-state index in [1.54, 1.807) is 24.4 Å². The Morgan fingerprint density at radius 2 is 2.10 bits per heavy atom. The van der Waals surface area contributed by atoms with Crippen LogP contribution >= 0.6 is 0 Å². The first kappa shape index (κ1) is 17.9. The van der Waals surface area contributed by atoms with Crippen molar-refractivity contribution in [2.24, 2.45) is 5.92 Å². The van der Waals surface area contributed by atoms with E-state index in [2.05, 4.69) is 34.0 Å². The lowest BCUT2D eigenvalue weighted by Gasteiger charge is -2.21. The number of hydroxylamine groups is 2. The molecule has 0 bridgehead atoms. The number of nitrogens with one attached hydrogen (secondary N) is 1. The number of aromatic nitrogens is 4. The van der Waals surface area contributed by atoms with Crippen LogP contribution in [0.2, 0.25) is 0 Å². The molecular weight excluding hydrogens is 369 g/mol. The molecule has 1 aromatic carbocycles. The van der Waals surface area contributed by atoms with Crippen molar-refractivity contribution in [3.63, 3.8) is 0 Å². The van der Waals surface area contributed by atoms with Gasteiger partial charge in [0.1, 0.15) is 0 Å². The van der Waals surface area contributed by atoms with Crippen molar-refractivity contribution in [2.45, 2.75) is 25.9 Å². The first-order chi connectivity index (χ1) is 14.2. The summed E-state index contributed by atoms with van der Waals surface area (Å²) in [6, 6.07) is 12.9. The van der Waals surface area contributed by atoms with Crippen molar-refractivity contribution in [1.82, 2.24) is 24.8 Å². The van der Waals surface area contributed by atoms with Crippen LogP contribution in [0.1, 0.15) is 13.3 Å². The highest BCUT2D eigenvalue weighted by molar-refractivity contribution is 5.79. The summed E-state index contributed by atoms with van der Waals surface area (Å²) in [7, 11) is 0. The van der Waals surface area contributed by atoms with E-state index in [4.69, 9.17) is 9.82 Å². The summed E-state index contributed by atoms with van der Waals surface area (Å²) in [5.41, 5.74) is 3.96. The number of benzene rings is 1. The van der Waals surface area contributed by atoms with Crippen molar-refractivity contribution in [3.05, 3.63) is 66.9 Å². The normalized spacial score (nSPS) is 19.8. The van der Waals surface area contributed by atoms with Gasteiger partial charge in [0.25, 0.3) is 0 Å². The van der Waals surface area contributed by atoms with Crippen molar-refractivity contribution in [3.8, 4) is 17.0 Å². The van der Waals surface area contributed by atoms with Crippen molar-refractivity contribution in [1.29, 1.82) is 0 Å². The summed E-state index contributed by atoms with van der Waals surface area (Å²) in [6.45, 7) is 3.75. The van der Waals surface area contributed by atoms with Gasteiger partial charge >= 0.3 is 0 Å². The van der Waals surface area contributed by atoms with Gasteiger partial charge in [0, 0.05) is 37.1 Å². The lowest BCUT2D eigenvalue weighted by molar-refractivity contribution is -0.0704. The molecule has 5 rings (SSSR count). The van der Waals surface area contributed by atoms with Gasteiger partial charge in [-0.2, -0.15) is 5.10 Å². The molecule has 1 N–H and O–H groups in total. The van der Waals surface area contributed by atoms with Crippen molar-refractivity contribution < 1.29 is 9.23 Å². The van der Waals surface area contributed by atoms with E-state index in [0.29, 0.717) is 5.92 Å². The number of halogens is 1. The molecular formula is C22H22FN5O. The summed E-state index contributed by atoms with van der Waals surface area (Å²) < 4.78 is 16.2. The quantitative estimate of drug-likeness (QED) is 0.552. The van der Waals surface area contributed by atoms with Crippen LogP contribution in [0.25, 0.3) is 22.3 Å². The molecule has 6 nitrogen and oxygen atoms in total. The van der Waals surface area contributed by atoms with Crippen LogP contribution in [0.15, 0.2) is 61.1 Å². The topological polar surface area (TPSA) is 59.0 Å². The lowest BCUT2D eigenvalue weighted by Crippen LogP contribution is -2.31. The van der Waals surface area contributed by atoms with Crippen molar-refractivity contribution >= 4 is 11.0 Å². The monoisotopic (exact) mass is 391 g/mol. The maximum atomic E-state index is 13.9. The highest BCUT2D eigenvalue weighted by Gasteiger charge is 2.31. The highest BCUT2D eigenvalue weighted by Crippen LogP contribution is 2.29. The maximum Gasteiger partial charge on any atom is 0.183 e. The standard InChI is InChI=1S/C22H22FN5O/c1-15-10-16(14-28(15)29-22-5-3-2-4-18(22)23)13-27-9-8-20-21(27)7-6-19(26-20)17-11-24-25-12-17/h2-9,11-12,15-16H,10,13-14H2,1H3,(H,24,25)/t15-,16-/m1/s1. The predicted octanol–water partition coefficient (Wildman–Crippen LogP) is 4.27. The third kappa shape index (κ3) is 3.49. The van der Waals surface area contributed by atoms with Gasteiger partial charge in [-0.25, -0.2) is 9.37 Å². The first-order valence-corrected chi connectivity index (χ1v) is 9.81. The Hall–Kier alpha value is -3.19. The summed E-state index contributed by atoms with van der Waals surface area (Å²) >= 11 is 0. The summed E-state index contributed by atoms with van der Waals surface area (Å²) in [4.78, 5) is 10.6. The van der Waals surface area contributed by atoms with Gasteiger partial charge in [0.2, 0.25) is 0 Å². The second-order valence-corrected chi connectivity index (χ2v) is 7.63. The molecule has 29 heavy (non-hydrogen) atoms. The Kier molecular flexibility index (Phi) is 4.52.